The van der Waals surface area contributed by atoms with E-state index < -0.39 is 5.97 Å². The Morgan fingerprint density at radius 2 is 2.29 bits per heavy atom. The maximum absolute atomic E-state index is 13.1. The van der Waals surface area contributed by atoms with Crippen LogP contribution in [0.15, 0.2) is 30.5 Å². The van der Waals surface area contributed by atoms with E-state index in [-0.39, 0.29) is 12.2 Å². The van der Waals surface area contributed by atoms with Crippen LogP contribution in [0, 0.1) is 12.7 Å². The first-order valence-electron chi connectivity index (χ1n) is 5.09. The predicted octanol–water partition coefficient (Wildman–Crippen LogP) is 1.95. The number of carboxylic acid groups (broad SMARTS) is 1. The SMILES string of the molecule is Cc1cnc(CC(=O)O)n1-c1cccc(F)c1. The van der Waals surface area contributed by atoms with Crippen LogP contribution in [0.4, 0.5) is 4.39 Å². The van der Waals surface area contributed by atoms with E-state index in [0.29, 0.717) is 11.5 Å². The predicted molar refractivity (Wildman–Crippen MR) is 59.6 cm³/mol. The Kier molecular flexibility index (Phi) is 2.91. The molecule has 0 saturated heterocycles. The number of benzene rings is 1. The molecule has 0 atom stereocenters. The molecule has 0 spiro atoms. The van der Waals surface area contributed by atoms with Crippen LogP contribution in [0.25, 0.3) is 5.69 Å². The molecule has 5 heteroatoms. The van der Waals surface area contributed by atoms with E-state index in [1.807, 2.05) is 0 Å². The van der Waals surface area contributed by atoms with Crippen molar-refractivity contribution in [1.82, 2.24) is 9.55 Å². The second-order valence-electron chi connectivity index (χ2n) is 3.70. The van der Waals surface area contributed by atoms with Gasteiger partial charge in [-0.15, -0.1) is 0 Å². The normalized spacial score (nSPS) is 10.5. The highest BCUT2D eigenvalue weighted by Crippen LogP contribution is 2.16. The van der Waals surface area contributed by atoms with Gasteiger partial charge in [0.2, 0.25) is 0 Å². The molecule has 2 aromatic rings. The summed E-state index contributed by atoms with van der Waals surface area (Å²) in [7, 11) is 0. The summed E-state index contributed by atoms with van der Waals surface area (Å²) in [6.07, 6.45) is 1.38. The summed E-state index contributed by atoms with van der Waals surface area (Å²) in [6.45, 7) is 1.79. The number of halogens is 1. The molecule has 1 aromatic carbocycles. The van der Waals surface area contributed by atoms with Crippen LogP contribution in [-0.2, 0) is 11.2 Å². The number of aryl methyl sites for hydroxylation is 1. The lowest BCUT2D eigenvalue weighted by Gasteiger charge is -2.08. The smallest absolute Gasteiger partial charge is 0.311 e. The van der Waals surface area contributed by atoms with Gasteiger partial charge in [-0.2, -0.15) is 0 Å². The lowest BCUT2D eigenvalue weighted by Crippen LogP contribution is -2.09. The van der Waals surface area contributed by atoms with Crippen molar-refractivity contribution < 1.29 is 14.3 Å². The molecule has 2 rings (SSSR count). The number of imidazole rings is 1. The monoisotopic (exact) mass is 234 g/mol. The van der Waals surface area contributed by atoms with Crippen molar-refractivity contribution in [2.45, 2.75) is 13.3 Å². The number of rotatable bonds is 3. The molecule has 0 unspecified atom stereocenters. The molecule has 1 N–H and O–H groups in total. The summed E-state index contributed by atoms with van der Waals surface area (Å²) in [6, 6.07) is 5.98. The van der Waals surface area contributed by atoms with Gasteiger partial charge in [0.25, 0.3) is 0 Å². The minimum absolute atomic E-state index is 0.190. The fourth-order valence-corrected chi connectivity index (χ4v) is 1.71. The minimum atomic E-state index is -0.965. The first-order chi connectivity index (χ1) is 8.08. The standard InChI is InChI=1S/C12H11FN2O2/c1-8-7-14-11(6-12(16)17)15(8)10-4-2-3-9(13)5-10/h2-5,7H,6H2,1H3,(H,16,17). The van der Waals surface area contributed by atoms with Crippen molar-refractivity contribution in [3.05, 3.63) is 47.8 Å². The lowest BCUT2D eigenvalue weighted by atomic mass is 10.3. The molecule has 17 heavy (non-hydrogen) atoms. The average Bonchev–Trinajstić information content (AvgIpc) is 2.59. The van der Waals surface area contributed by atoms with Gasteiger partial charge in [0, 0.05) is 17.6 Å². The van der Waals surface area contributed by atoms with Gasteiger partial charge in [-0.05, 0) is 25.1 Å². The van der Waals surface area contributed by atoms with E-state index in [1.165, 1.54) is 12.1 Å². The van der Waals surface area contributed by atoms with E-state index >= 15 is 0 Å². The third kappa shape index (κ3) is 2.33. The maximum atomic E-state index is 13.1. The number of nitrogens with zero attached hydrogens (tertiary/aromatic N) is 2. The Labute approximate surface area is 97.3 Å². The highest BCUT2D eigenvalue weighted by atomic mass is 19.1. The maximum Gasteiger partial charge on any atom is 0.311 e. The van der Waals surface area contributed by atoms with Crippen molar-refractivity contribution >= 4 is 5.97 Å². The number of hydrogen-bond donors (Lipinski definition) is 1. The van der Waals surface area contributed by atoms with Crippen LogP contribution in [0.3, 0.4) is 0 Å². The third-order valence-corrected chi connectivity index (χ3v) is 2.39. The molecular weight excluding hydrogens is 223 g/mol. The van der Waals surface area contributed by atoms with Crippen molar-refractivity contribution in [3.8, 4) is 5.69 Å². The van der Waals surface area contributed by atoms with Crippen LogP contribution in [0.2, 0.25) is 0 Å². The van der Waals surface area contributed by atoms with Crippen LogP contribution in [0.1, 0.15) is 11.5 Å². The number of carboxylic acids is 1. The Morgan fingerprint density at radius 3 is 2.94 bits per heavy atom. The number of aliphatic carboxylic acids is 1. The molecule has 0 fully saturated rings. The van der Waals surface area contributed by atoms with Gasteiger partial charge < -0.3 is 9.67 Å². The van der Waals surface area contributed by atoms with Crippen LogP contribution in [-0.4, -0.2) is 20.6 Å². The van der Waals surface area contributed by atoms with E-state index in [0.717, 1.165) is 5.69 Å². The average molecular weight is 234 g/mol. The second-order valence-corrected chi connectivity index (χ2v) is 3.70. The van der Waals surface area contributed by atoms with Gasteiger partial charge in [0.05, 0.1) is 0 Å². The minimum Gasteiger partial charge on any atom is -0.481 e. The summed E-state index contributed by atoms with van der Waals surface area (Å²) in [5.74, 6) is -0.939. The molecule has 0 amide bonds. The molecule has 0 bridgehead atoms. The molecular formula is C12H11FN2O2. The number of aromatic nitrogens is 2. The lowest BCUT2D eigenvalue weighted by molar-refractivity contribution is -0.136. The van der Waals surface area contributed by atoms with Gasteiger partial charge in [-0.3, -0.25) is 4.79 Å². The van der Waals surface area contributed by atoms with Crippen molar-refractivity contribution in [2.75, 3.05) is 0 Å². The second kappa shape index (κ2) is 4.37. The Morgan fingerprint density at radius 1 is 1.53 bits per heavy atom. The molecule has 4 nitrogen and oxygen atoms in total. The van der Waals surface area contributed by atoms with E-state index in [9.17, 15) is 9.18 Å². The summed E-state index contributed by atoms with van der Waals surface area (Å²) in [4.78, 5) is 14.7. The zero-order chi connectivity index (χ0) is 12.4. The molecule has 88 valence electrons. The fraction of sp³-hybridized carbons (Fsp3) is 0.167. The largest absolute Gasteiger partial charge is 0.481 e. The molecule has 0 radical (unpaired) electrons. The van der Waals surface area contributed by atoms with Gasteiger partial charge >= 0.3 is 5.97 Å². The quantitative estimate of drug-likeness (QED) is 0.883. The summed E-state index contributed by atoms with van der Waals surface area (Å²) in [5.41, 5.74) is 1.35. The molecule has 1 aromatic heterocycles. The number of hydrogen-bond acceptors (Lipinski definition) is 2. The van der Waals surface area contributed by atoms with Crippen molar-refractivity contribution in [3.63, 3.8) is 0 Å². The zero-order valence-corrected chi connectivity index (χ0v) is 9.22. The molecule has 1 heterocycles. The van der Waals surface area contributed by atoms with Crippen molar-refractivity contribution in [2.24, 2.45) is 0 Å². The van der Waals surface area contributed by atoms with Gasteiger partial charge in [0.15, 0.2) is 0 Å². The van der Waals surface area contributed by atoms with E-state index in [2.05, 4.69) is 4.98 Å². The Balaban J connectivity index is 2.50. The first-order valence-corrected chi connectivity index (χ1v) is 5.09. The molecule has 0 aliphatic carbocycles. The van der Waals surface area contributed by atoms with Crippen LogP contribution < -0.4 is 0 Å². The first kappa shape index (κ1) is 11.3. The molecule has 0 aliphatic rings. The summed E-state index contributed by atoms with van der Waals surface area (Å²) in [5, 5.41) is 8.77. The molecule has 0 aliphatic heterocycles. The van der Waals surface area contributed by atoms with Crippen molar-refractivity contribution in [1.29, 1.82) is 0 Å². The topological polar surface area (TPSA) is 55.1 Å². The number of carbonyl (C=O) groups is 1. The highest BCUT2D eigenvalue weighted by molar-refractivity contribution is 5.69. The van der Waals surface area contributed by atoms with E-state index in [1.54, 1.807) is 29.8 Å². The Hall–Kier alpha value is -2.17. The third-order valence-electron chi connectivity index (χ3n) is 2.39. The van der Waals surface area contributed by atoms with Gasteiger partial charge in [0.1, 0.15) is 18.1 Å². The summed E-state index contributed by atoms with van der Waals surface area (Å²) < 4.78 is 14.8. The summed E-state index contributed by atoms with van der Waals surface area (Å²) >= 11 is 0. The fourth-order valence-electron chi connectivity index (χ4n) is 1.71. The van der Waals surface area contributed by atoms with E-state index in [4.69, 9.17) is 5.11 Å². The zero-order valence-electron chi connectivity index (χ0n) is 9.22. The van der Waals surface area contributed by atoms with Gasteiger partial charge in [-0.1, -0.05) is 6.07 Å². The van der Waals surface area contributed by atoms with Crippen LogP contribution in [0.5, 0.6) is 0 Å². The van der Waals surface area contributed by atoms with Crippen LogP contribution >= 0.6 is 0 Å². The van der Waals surface area contributed by atoms with Gasteiger partial charge in [-0.25, -0.2) is 9.37 Å². The molecule has 0 saturated carbocycles. The Bertz CT molecular complexity index is 563. The highest BCUT2D eigenvalue weighted by Gasteiger charge is 2.12.